The van der Waals surface area contributed by atoms with Gasteiger partial charge in [-0.2, -0.15) is 5.26 Å². The van der Waals surface area contributed by atoms with Crippen molar-refractivity contribution in [2.24, 2.45) is 0 Å². The lowest BCUT2D eigenvalue weighted by Crippen LogP contribution is -1.87. The van der Waals surface area contributed by atoms with Crippen LogP contribution in [0.3, 0.4) is 0 Å². The van der Waals surface area contributed by atoms with Gasteiger partial charge >= 0.3 is 0 Å². The lowest BCUT2D eigenvalue weighted by molar-refractivity contribution is 0.481. The Morgan fingerprint density at radius 3 is 2.72 bits per heavy atom. The Kier molecular flexibility index (Phi) is 4.01. The van der Waals surface area contributed by atoms with Gasteiger partial charge in [-0.15, -0.1) is 0 Å². The topological polar surface area (TPSA) is 33.0 Å². The van der Waals surface area contributed by atoms with Crippen LogP contribution in [0.4, 0.5) is 0 Å². The largest absolute Gasteiger partial charge is 0.457 e. The molecular formula is C15H12BrNO. The van der Waals surface area contributed by atoms with Gasteiger partial charge in [-0.3, -0.25) is 0 Å². The highest BCUT2D eigenvalue weighted by Gasteiger charge is 2.02. The highest BCUT2D eigenvalue weighted by Crippen LogP contribution is 2.26. The first kappa shape index (κ1) is 12.7. The lowest BCUT2D eigenvalue weighted by atomic mass is 10.1. The van der Waals surface area contributed by atoms with Crippen LogP contribution in [0.2, 0.25) is 0 Å². The van der Waals surface area contributed by atoms with Gasteiger partial charge in [0.1, 0.15) is 11.5 Å². The van der Waals surface area contributed by atoms with Crippen LogP contribution < -0.4 is 4.74 Å². The maximum Gasteiger partial charge on any atom is 0.129 e. The zero-order chi connectivity index (χ0) is 13.0. The summed E-state index contributed by atoms with van der Waals surface area (Å²) in [4.78, 5) is 0. The molecule has 0 saturated carbocycles. The molecule has 0 saturated heterocycles. The average Bonchev–Trinajstić information content (AvgIpc) is 2.38. The van der Waals surface area contributed by atoms with Crippen molar-refractivity contribution in [1.82, 2.24) is 0 Å². The van der Waals surface area contributed by atoms with Crippen molar-refractivity contribution < 1.29 is 4.74 Å². The van der Waals surface area contributed by atoms with E-state index in [0.29, 0.717) is 11.3 Å². The summed E-state index contributed by atoms with van der Waals surface area (Å²) in [5.41, 5.74) is 1.80. The highest BCUT2D eigenvalue weighted by molar-refractivity contribution is 9.10. The molecule has 0 radical (unpaired) electrons. The number of nitrogens with zero attached hydrogens (tertiary/aromatic N) is 1. The molecule has 0 amide bonds. The third-order valence-corrected chi connectivity index (χ3v) is 3.00. The van der Waals surface area contributed by atoms with E-state index in [1.165, 1.54) is 5.56 Å². The molecule has 2 aromatic carbocycles. The second kappa shape index (κ2) is 5.70. The molecular weight excluding hydrogens is 290 g/mol. The van der Waals surface area contributed by atoms with E-state index in [4.69, 9.17) is 10.00 Å². The van der Waals surface area contributed by atoms with Crippen molar-refractivity contribution in [3.8, 4) is 17.6 Å². The molecule has 2 rings (SSSR count). The average molecular weight is 302 g/mol. The van der Waals surface area contributed by atoms with Gasteiger partial charge in [0.25, 0.3) is 0 Å². The number of halogens is 1. The van der Waals surface area contributed by atoms with Crippen molar-refractivity contribution in [2.45, 2.75) is 13.3 Å². The number of hydrogen-bond acceptors (Lipinski definition) is 2. The Bertz CT molecular complexity index is 602. The predicted molar refractivity (Wildman–Crippen MR) is 74.8 cm³/mol. The molecule has 0 aliphatic rings. The van der Waals surface area contributed by atoms with Crippen molar-refractivity contribution in [3.63, 3.8) is 0 Å². The van der Waals surface area contributed by atoms with E-state index in [9.17, 15) is 0 Å². The number of nitriles is 1. The molecule has 0 heterocycles. The molecule has 2 aromatic rings. The van der Waals surface area contributed by atoms with Crippen LogP contribution >= 0.6 is 15.9 Å². The van der Waals surface area contributed by atoms with Gasteiger partial charge in [-0.25, -0.2) is 0 Å². The summed E-state index contributed by atoms with van der Waals surface area (Å²) >= 11 is 3.36. The normalized spacial score (nSPS) is 9.83. The van der Waals surface area contributed by atoms with Crippen molar-refractivity contribution in [2.75, 3.05) is 0 Å². The number of hydrogen-bond donors (Lipinski definition) is 0. The fourth-order valence-corrected chi connectivity index (χ4v) is 2.12. The fourth-order valence-electron chi connectivity index (χ4n) is 1.65. The minimum absolute atomic E-state index is 0.575. The molecule has 3 heteroatoms. The van der Waals surface area contributed by atoms with Crippen molar-refractivity contribution >= 4 is 15.9 Å². The molecule has 0 atom stereocenters. The smallest absolute Gasteiger partial charge is 0.129 e. The summed E-state index contributed by atoms with van der Waals surface area (Å²) < 4.78 is 6.60. The molecule has 2 nitrogen and oxygen atoms in total. The van der Waals surface area contributed by atoms with Crippen LogP contribution in [0.1, 0.15) is 18.1 Å². The first-order valence-corrected chi connectivity index (χ1v) is 6.48. The maximum absolute atomic E-state index is 8.91. The number of rotatable bonds is 3. The van der Waals surface area contributed by atoms with E-state index in [2.05, 4.69) is 35.0 Å². The molecule has 0 N–H and O–H groups in total. The van der Waals surface area contributed by atoms with Crippen molar-refractivity contribution in [1.29, 1.82) is 5.26 Å². The van der Waals surface area contributed by atoms with Crippen LogP contribution in [-0.2, 0) is 6.42 Å². The highest BCUT2D eigenvalue weighted by atomic mass is 79.9. The molecule has 0 fully saturated rings. The van der Waals surface area contributed by atoms with Crippen molar-refractivity contribution in [3.05, 3.63) is 58.1 Å². The number of ether oxygens (including phenoxy) is 1. The van der Waals surface area contributed by atoms with E-state index in [-0.39, 0.29) is 0 Å². The summed E-state index contributed by atoms with van der Waals surface area (Å²) in [6, 6.07) is 15.4. The third kappa shape index (κ3) is 3.12. The van der Waals surface area contributed by atoms with E-state index >= 15 is 0 Å². The maximum atomic E-state index is 8.91. The Balaban J connectivity index is 2.28. The summed E-state index contributed by atoms with van der Waals surface area (Å²) in [6.45, 7) is 2.10. The zero-order valence-electron chi connectivity index (χ0n) is 9.98. The van der Waals surface area contributed by atoms with Gasteiger partial charge < -0.3 is 4.74 Å². The van der Waals surface area contributed by atoms with Crippen LogP contribution in [0.25, 0.3) is 0 Å². The lowest BCUT2D eigenvalue weighted by Gasteiger charge is -2.07. The van der Waals surface area contributed by atoms with Crippen LogP contribution in [0, 0.1) is 11.3 Å². The second-order valence-electron chi connectivity index (χ2n) is 3.89. The zero-order valence-corrected chi connectivity index (χ0v) is 11.6. The predicted octanol–water partition coefficient (Wildman–Crippen LogP) is 4.68. The fraction of sp³-hybridized carbons (Fsp3) is 0.133. The number of benzene rings is 2. The van der Waals surface area contributed by atoms with Gasteiger partial charge in [0.15, 0.2) is 0 Å². The molecule has 0 aromatic heterocycles. The second-order valence-corrected chi connectivity index (χ2v) is 4.81. The third-order valence-electron chi connectivity index (χ3n) is 2.54. The number of aryl methyl sites for hydroxylation is 1. The molecule has 0 unspecified atom stereocenters. The Morgan fingerprint density at radius 1 is 1.17 bits per heavy atom. The molecule has 90 valence electrons. The van der Waals surface area contributed by atoms with Gasteiger partial charge in [0.2, 0.25) is 0 Å². The van der Waals surface area contributed by atoms with E-state index < -0.39 is 0 Å². The minimum atomic E-state index is 0.575. The molecule has 18 heavy (non-hydrogen) atoms. The summed E-state index contributed by atoms with van der Waals surface area (Å²) in [6.07, 6.45) is 0.971. The van der Waals surface area contributed by atoms with Crippen LogP contribution in [0.15, 0.2) is 46.9 Å². The summed E-state index contributed by atoms with van der Waals surface area (Å²) in [7, 11) is 0. The van der Waals surface area contributed by atoms with Gasteiger partial charge in [0.05, 0.1) is 11.6 Å². The molecule has 0 aliphatic carbocycles. The Labute approximate surface area is 115 Å². The van der Waals surface area contributed by atoms with E-state index in [1.54, 1.807) is 12.1 Å². The van der Waals surface area contributed by atoms with Gasteiger partial charge in [-0.1, -0.05) is 35.0 Å². The van der Waals surface area contributed by atoms with E-state index in [0.717, 1.165) is 16.6 Å². The summed E-state index contributed by atoms with van der Waals surface area (Å²) in [5.74, 6) is 1.45. The molecule has 0 aliphatic heterocycles. The first-order chi connectivity index (χ1) is 8.71. The van der Waals surface area contributed by atoms with Crippen LogP contribution in [-0.4, -0.2) is 0 Å². The minimum Gasteiger partial charge on any atom is -0.457 e. The van der Waals surface area contributed by atoms with Gasteiger partial charge in [0, 0.05) is 4.47 Å². The molecule has 0 spiro atoms. The summed E-state index contributed by atoms with van der Waals surface area (Å²) in [5, 5.41) is 8.91. The standard InChI is InChI=1S/C15H12BrNO/c1-2-11-4-3-5-14(7-11)18-15-8-12(10-17)6-13(16)9-15/h3-9H,2H2,1H3. The quantitative estimate of drug-likeness (QED) is 0.825. The Hall–Kier alpha value is -1.79. The van der Waals surface area contributed by atoms with Crippen LogP contribution in [0.5, 0.6) is 11.5 Å². The van der Waals surface area contributed by atoms with E-state index in [1.807, 2.05) is 24.3 Å². The SMILES string of the molecule is CCc1cccc(Oc2cc(Br)cc(C#N)c2)c1. The van der Waals surface area contributed by atoms with Gasteiger partial charge in [-0.05, 0) is 42.3 Å². The first-order valence-electron chi connectivity index (χ1n) is 5.68. The Morgan fingerprint density at radius 2 is 2.00 bits per heavy atom. The monoisotopic (exact) mass is 301 g/mol. The molecule has 0 bridgehead atoms.